The molecule has 0 aromatic rings. The summed E-state index contributed by atoms with van der Waals surface area (Å²) in [4.78, 5) is 11.2. The minimum atomic E-state index is -3.50. The summed E-state index contributed by atoms with van der Waals surface area (Å²) >= 11 is 0. The van der Waals surface area contributed by atoms with Crippen LogP contribution >= 0.6 is 0 Å². The second-order valence-corrected chi connectivity index (χ2v) is 7.95. The summed E-state index contributed by atoms with van der Waals surface area (Å²) in [6.07, 6.45) is 2.89. The highest BCUT2D eigenvalue weighted by Gasteiger charge is 2.49. The van der Waals surface area contributed by atoms with Gasteiger partial charge in [-0.25, -0.2) is 8.42 Å². The van der Waals surface area contributed by atoms with Gasteiger partial charge in [0.15, 0.2) is 0 Å². The summed E-state index contributed by atoms with van der Waals surface area (Å²) in [5, 5.41) is 17.9. The zero-order valence-electron chi connectivity index (χ0n) is 11.6. The van der Waals surface area contributed by atoms with Crippen LogP contribution in [0.1, 0.15) is 39.0 Å². The summed E-state index contributed by atoms with van der Waals surface area (Å²) in [6.45, 7) is 2.05. The molecule has 0 spiro atoms. The van der Waals surface area contributed by atoms with Gasteiger partial charge in [0.1, 0.15) is 0 Å². The van der Waals surface area contributed by atoms with Gasteiger partial charge in [-0.15, -0.1) is 0 Å². The lowest BCUT2D eigenvalue weighted by molar-refractivity contribution is -0.144. The number of piperidine rings is 1. The lowest BCUT2D eigenvalue weighted by Gasteiger charge is -2.37. The van der Waals surface area contributed by atoms with Gasteiger partial charge in [0.2, 0.25) is 10.0 Å². The first-order chi connectivity index (χ1) is 9.31. The molecule has 2 rings (SSSR count). The molecule has 1 saturated heterocycles. The standard InChI is InChI=1S/C13H20N2O4S/c1-10-11(12(16)17)3-2-8-15(10)20(18,19)9-13(4-5-13)6-7-14/h10-11H,2-6,8-9H2,1H3,(H,16,17)/t10-,11-/m1/s1. The van der Waals surface area contributed by atoms with E-state index in [1.54, 1.807) is 6.92 Å². The monoisotopic (exact) mass is 300 g/mol. The van der Waals surface area contributed by atoms with Crippen molar-refractivity contribution >= 4 is 16.0 Å². The number of aliphatic carboxylic acids is 1. The number of nitrogens with zero attached hydrogens (tertiary/aromatic N) is 2. The van der Waals surface area contributed by atoms with Crippen molar-refractivity contribution in [2.75, 3.05) is 12.3 Å². The van der Waals surface area contributed by atoms with E-state index in [1.165, 1.54) is 4.31 Å². The van der Waals surface area contributed by atoms with Gasteiger partial charge in [-0.2, -0.15) is 9.57 Å². The summed E-state index contributed by atoms with van der Waals surface area (Å²) < 4.78 is 26.4. The second kappa shape index (κ2) is 5.34. The van der Waals surface area contributed by atoms with Gasteiger partial charge in [-0.1, -0.05) is 0 Å². The van der Waals surface area contributed by atoms with Crippen LogP contribution in [0.3, 0.4) is 0 Å². The van der Waals surface area contributed by atoms with E-state index in [1.807, 2.05) is 0 Å². The minimum Gasteiger partial charge on any atom is -0.481 e. The summed E-state index contributed by atoms with van der Waals surface area (Å²) in [5.41, 5.74) is -0.385. The molecule has 1 N–H and O–H groups in total. The van der Waals surface area contributed by atoms with Crippen molar-refractivity contribution in [3.05, 3.63) is 0 Å². The first-order valence-electron chi connectivity index (χ1n) is 6.91. The Balaban J connectivity index is 2.13. The molecule has 2 fully saturated rings. The maximum Gasteiger partial charge on any atom is 0.308 e. The fourth-order valence-electron chi connectivity index (χ4n) is 3.02. The van der Waals surface area contributed by atoms with Crippen molar-refractivity contribution in [3.63, 3.8) is 0 Å². The Morgan fingerprint density at radius 3 is 2.65 bits per heavy atom. The van der Waals surface area contributed by atoms with E-state index >= 15 is 0 Å². The molecule has 1 saturated carbocycles. The van der Waals surface area contributed by atoms with Crippen LogP contribution in [0.25, 0.3) is 0 Å². The van der Waals surface area contributed by atoms with Crippen LogP contribution in [-0.4, -0.2) is 42.1 Å². The van der Waals surface area contributed by atoms with Gasteiger partial charge in [-0.3, -0.25) is 4.79 Å². The summed E-state index contributed by atoms with van der Waals surface area (Å²) in [5.74, 6) is -1.59. The van der Waals surface area contributed by atoms with E-state index in [0.717, 1.165) is 12.8 Å². The van der Waals surface area contributed by atoms with Gasteiger partial charge in [0.05, 0.1) is 17.7 Å². The van der Waals surface area contributed by atoms with Gasteiger partial charge >= 0.3 is 5.97 Å². The molecule has 7 heteroatoms. The molecule has 0 aromatic carbocycles. The molecule has 2 atom stereocenters. The number of carboxylic acid groups (broad SMARTS) is 1. The van der Waals surface area contributed by atoms with Gasteiger partial charge in [0, 0.05) is 19.0 Å². The normalized spacial score (nSPS) is 29.6. The Hall–Kier alpha value is -1.13. The molecular formula is C13H20N2O4S. The first kappa shape index (κ1) is 15.3. The topological polar surface area (TPSA) is 98.5 Å². The van der Waals surface area contributed by atoms with Crippen LogP contribution in [0.5, 0.6) is 0 Å². The van der Waals surface area contributed by atoms with E-state index in [2.05, 4.69) is 6.07 Å². The molecule has 0 unspecified atom stereocenters. The Labute approximate surface area is 119 Å². The quantitative estimate of drug-likeness (QED) is 0.822. The highest BCUT2D eigenvalue weighted by atomic mass is 32.2. The molecule has 0 amide bonds. The van der Waals surface area contributed by atoms with Crippen molar-refractivity contribution in [2.24, 2.45) is 11.3 Å². The SMILES string of the molecule is C[C@@H]1[C@H](C(=O)O)CCCN1S(=O)(=O)CC1(CC#N)CC1. The molecule has 112 valence electrons. The second-order valence-electron chi connectivity index (χ2n) is 6.03. The largest absolute Gasteiger partial charge is 0.481 e. The molecule has 1 heterocycles. The summed E-state index contributed by atoms with van der Waals surface area (Å²) in [7, 11) is -3.50. The smallest absolute Gasteiger partial charge is 0.308 e. The maximum absolute atomic E-state index is 12.5. The molecule has 0 bridgehead atoms. The van der Waals surface area contributed by atoms with Crippen molar-refractivity contribution in [1.29, 1.82) is 5.26 Å². The summed E-state index contributed by atoms with van der Waals surface area (Å²) in [6, 6.07) is 1.55. The lowest BCUT2D eigenvalue weighted by atomic mass is 9.92. The van der Waals surface area contributed by atoms with E-state index in [4.69, 9.17) is 10.4 Å². The zero-order valence-corrected chi connectivity index (χ0v) is 12.4. The van der Waals surface area contributed by atoms with Crippen molar-refractivity contribution in [2.45, 2.75) is 45.1 Å². The van der Waals surface area contributed by atoms with E-state index < -0.39 is 28.0 Å². The predicted octanol–water partition coefficient (Wildman–Crippen LogP) is 1.20. The number of rotatable bonds is 5. The van der Waals surface area contributed by atoms with E-state index in [0.29, 0.717) is 19.4 Å². The number of carboxylic acids is 1. The molecule has 20 heavy (non-hydrogen) atoms. The number of hydrogen-bond acceptors (Lipinski definition) is 4. The maximum atomic E-state index is 12.5. The fraction of sp³-hybridized carbons (Fsp3) is 0.846. The van der Waals surface area contributed by atoms with Crippen LogP contribution in [0.15, 0.2) is 0 Å². The van der Waals surface area contributed by atoms with Crippen LogP contribution in [0.2, 0.25) is 0 Å². The molecule has 1 aliphatic heterocycles. The first-order valence-corrected chi connectivity index (χ1v) is 8.51. The van der Waals surface area contributed by atoms with Crippen LogP contribution < -0.4 is 0 Å². The number of nitriles is 1. The van der Waals surface area contributed by atoms with Gasteiger partial charge in [0.25, 0.3) is 0 Å². The van der Waals surface area contributed by atoms with E-state index in [9.17, 15) is 13.2 Å². The highest BCUT2D eigenvalue weighted by molar-refractivity contribution is 7.89. The van der Waals surface area contributed by atoms with Crippen LogP contribution in [0, 0.1) is 22.7 Å². The van der Waals surface area contributed by atoms with Crippen molar-refractivity contribution in [3.8, 4) is 6.07 Å². The minimum absolute atomic E-state index is 0.0236. The number of sulfonamides is 1. The predicted molar refractivity (Wildman–Crippen MR) is 72.2 cm³/mol. The average molecular weight is 300 g/mol. The third-order valence-corrected chi connectivity index (χ3v) is 6.71. The highest BCUT2D eigenvalue weighted by Crippen LogP contribution is 2.50. The van der Waals surface area contributed by atoms with Gasteiger partial charge < -0.3 is 5.11 Å². The molecular weight excluding hydrogens is 280 g/mol. The van der Waals surface area contributed by atoms with Crippen molar-refractivity contribution < 1.29 is 18.3 Å². The Morgan fingerprint density at radius 1 is 1.50 bits per heavy atom. The molecule has 1 aliphatic carbocycles. The Bertz CT molecular complexity index is 533. The average Bonchev–Trinajstić information content (AvgIpc) is 3.07. The Morgan fingerprint density at radius 2 is 2.15 bits per heavy atom. The number of hydrogen-bond donors (Lipinski definition) is 1. The zero-order chi connectivity index (χ0) is 15.0. The lowest BCUT2D eigenvalue weighted by Crippen LogP contribution is -2.50. The fourth-order valence-corrected chi connectivity index (χ4v) is 5.41. The Kier molecular flexibility index (Phi) is 4.07. The third-order valence-electron chi connectivity index (χ3n) is 4.50. The number of carbonyl (C=O) groups is 1. The third kappa shape index (κ3) is 2.96. The van der Waals surface area contributed by atoms with Crippen molar-refractivity contribution in [1.82, 2.24) is 4.31 Å². The van der Waals surface area contributed by atoms with Gasteiger partial charge in [-0.05, 0) is 38.0 Å². The van der Waals surface area contributed by atoms with Crippen LogP contribution in [0.4, 0.5) is 0 Å². The molecule has 0 radical (unpaired) electrons. The van der Waals surface area contributed by atoms with E-state index in [-0.39, 0.29) is 17.6 Å². The molecule has 6 nitrogen and oxygen atoms in total. The molecule has 0 aromatic heterocycles. The van der Waals surface area contributed by atoms with Crippen LogP contribution in [-0.2, 0) is 14.8 Å². The molecule has 2 aliphatic rings.